The summed E-state index contributed by atoms with van der Waals surface area (Å²) in [6, 6.07) is 11.5. The topological polar surface area (TPSA) is 91.4 Å². The van der Waals surface area contributed by atoms with Crippen LogP contribution in [0.3, 0.4) is 0 Å². The van der Waals surface area contributed by atoms with Crippen LogP contribution in [0.5, 0.6) is 0 Å². The zero-order chi connectivity index (χ0) is 21.8. The van der Waals surface area contributed by atoms with Crippen molar-refractivity contribution in [2.24, 2.45) is 11.8 Å². The number of urea groups is 1. The van der Waals surface area contributed by atoms with E-state index in [4.69, 9.17) is 23.2 Å². The molecule has 0 radical (unpaired) electrons. The van der Waals surface area contributed by atoms with Crippen LogP contribution in [0.2, 0.25) is 10.0 Å². The second kappa shape index (κ2) is 7.63. The number of carbonyl (C=O) groups excluding carboxylic acids is 1. The minimum absolute atomic E-state index is 0.0487. The van der Waals surface area contributed by atoms with Gasteiger partial charge in [-0.25, -0.2) is 13.2 Å². The molecular formula is C21H18Cl2N4O3S. The maximum Gasteiger partial charge on any atom is 0.319 e. The van der Waals surface area contributed by atoms with Gasteiger partial charge in [0, 0.05) is 47.3 Å². The first-order chi connectivity index (χ1) is 14.8. The van der Waals surface area contributed by atoms with E-state index in [1.165, 1.54) is 22.5 Å². The van der Waals surface area contributed by atoms with Crippen LogP contribution in [0.1, 0.15) is 0 Å². The van der Waals surface area contributed by atoms with E-state index >= 15 is 0 Å². The summed E-state index contributed by atoms with van der Waals surface area (Å²) in [5, 5.41) is 8.18. The van der Waals surface area contributed by atoms with Gasteiger partial charge >= 0.3 is 6.03 Å². The quantitative estimate of drug-likeness (QED) is 0.595. The largest absolute Gasteiger partial charge is 0.334 e. The highest BCUT2D eigenvalue weighted by Crippen LogP contribution is 2.47. The third-order valence-corrected chi connectivity index (χ3v) is 8.45. The number of pyridine rings is 1. The Kier molecular flexibility index (Phi) is 5.05. The molecule has 2 aliphatic rings. The molecular weight excluding hydrogens is 459 g/mol. The number of rotatable bonds is 4. The Morgan fingerprint density at radius 2 is 1.87 bits per heavy atom. The van der Waals surface area contributed by atoms with E-state index in [-0.39, 0.29) is 33.8 Å². The number of benzene rings is 2. The van der Waals surface area contributed by atoms with Gasteiger partial charge < -0.3 is 10.6 Å². The van der Waals surface area contributed by atoms with Crippen molar-refractivity contribution in [3.8, 4) is 0 Å². The first-order valence-electron chi connectivity index (χ1n) is 9.70. The lowest BCUT2D eigenvalue weighted by Gasteiger charge is -2.21. The number of nitrogens with one attached hydrogen (secondary N) is 2. The number of hydrogen-bond acceptors (Lipinski definition) is 4. The van der Waals surface area contributed by atoms with Gasteiger partial charge in [0.15, 0.2) is 0 Å². The number of aromatic nitrogens is 1. The predicted octanol–water partition coefficient (Wildman–Crippen LogP) is 3.98. The van der Waals surface area contributed by atoms with Gasteiger partial charge in [-0.1, -0.05) is 35.3 Å². The molecule has 7 nitrogen and oxygen atoms in total. The minimum atomic E-state index is -3.70. The van der Waals surface area contributed by atoms with Crippen molar-refractivity contribution in [3.63, 3.8) is 0 Å². The number of fused-ring (bicyclic) bond motifs is 2. The average molecular weight is 477 g/mol. The van der Waals surface area contributed by atoms with Crippen molar-refractivity contribution in [2.75, 3.05) is 18.4 Å². The molecule has 2 heterocycles. The van der Waals surface area contributed by atoms with E-state index in [1.807, 2.05) is 24.3 Å². The standard InChI is InChI=1S/C21H18Cl2N4O3S/c22-13-4-5-19(17(23)8-13)31(29,30)27-10-15-16(11-27)20(15)26-21(28)25-18-3-1-2-12-9-24-7-6-14(12)18/h1-9,15-16,20H,10-11H2,(H2,25,26,28). The van der Waals surface area contributed by atoms with Crippen molar-refractivity contribution >= 4 is 55.7 Å². The first-order valence-corrected chi connectivity index (χ1v) is 11.9. The second-order valence-electron chi connectivity index (χ2n) is 7.75. The van der Waals surface area contributed by atoms with Gasteiger partial charge in [-0.2, -0.15) is 4.31 Å². The molecule has 5 rings (SSSR count). The molecule has 2 fully saturated rings. The predicted molar refractivity (Wildman–Crippen MR) is 120 cm³/mol. The highest BCUT2D eigenvalue weighted by atomic mass is 35.5. The van der Waals surface area contributed by atoms with E-state index in [9.17, 15) is 13.2 Å². The van der Waals surface area contributed by atoms with Crippen molar-refractivity contribution in [1.29, 1.82) is 0 Å². The molecule has 0 spiro atoms. The second-order valence-corrected chi connectivity index (χ2v) is 10.5. The zero-order valence-electron chi connectivity index (χ0n) is 16.1. The smallest absolute Gasteiger partial charge is 0.319 e. The zero-order valence-corrected chi connectivity index (χ0v) is 18.5. The van der Waals surface area contributed by atoms with Gasteiger partial charge in [-0.3, -0.25) is 4.98 Å². The van der Waals surface area contributed by atoms with Gasteiger partial charge in [-0.05, 0) is 42.2 Å². The van der Waals surface area contributed by atoms with Crippen molar-refractivity contribution in [3.05, 3.63) is 64.9 Å². The summed E-state index contributed by atoms with van der Waals surface area (Å²) in [6.45, 7) is 0.688. The number of carbonyl (C=O) groups is 1. The van der Waals surface area contributed by atoms with E-state index in [0.29, 0.717) is 23.8 Å². The first kappa shape index (κ1) is 20.5. The molecule has 2 unspecified atom stereocenters. The number of piperidine rings is 1. The number of hydrogen-bond donors (Lipinski definition) is 2. The molecule has 2 aromatic carbocycles. The molecule has 2 N–H and O–H groups in total. The van der Waals surface area contributed by atoms with Crippen LogP contribution in [-0.2, 0) is 10.0 Å². The maximum absolute atomic E-state index is 12.9. The summed E-state index contributed by atoms with van der Waals surface area (Å²) in [5.41, 5.74) is 0.699. The number of halogens is 2. The fraction of sp³-hybridized carbons (Fsp3) is 0.238. The van der Waals surface area contributed by atoms with Gasteiger partial charge in [0.25, 0.3) is 0 Å². The summed E-state index contributed by atoms with van der Waals surface area (Å²) < 4.78 is 27.3. The molecule has 31 heavy (non-hydrogen) atoms. The molecule has 1 saturated carbocycles. The van der Waals surface area contributed by atoms with E-state index in [2.05, 4.69) is 15.6 Å². The molecule has 10 heteroatoms. The highest BCUT2D eigenvalue weighted by Gasteiger charge is 2.58. The Hall–Kier alpha value is -2.39. The Morgan fingerprint density at radius 3 is 2.61 bits per heavy atom. The van der Waals surface area contributed by atoms with Crippen LogP contribution in [0.4, 0.5) is 10.5 Å². The van der Waals surface area contributed by atoms with Crippen LogP contribution in [0, 0.1) is 11.8 Å². The summed E-state index contributed by atoms with van der Waals surface area (Å²) in [5.74, 6) is 0.173. The summed E-state index contributed by atoms with van der Waals surface area (Å²) >= 11 is 12.0. The highest BCUT2D eigenvalue weighted by molar-refractivity contribution is 7.89. The molecule has 0 bridgehead atoms. The lowest BCUT2D eigenvalue weighted by atomic mass is 10.1. The van der Waals surface area contributed by atoms with Crippen molar-refractivity contribution in [2.45, 2.75) is 10.9 Å². The molecule has 1 aromatic heterocycles. The fourth-order valence-corrected chi connectivity index (χ4v) is 6.52. The SMILES string of the molecule is O=C(Nc1cccc2cnccc12)NC1C2CN(S(=O)(=O)c3ccc(Cl)cc3Cl)CC21. The van der Waals surface area contributed by atoms with Crippen LogP contribution in [-0.4, -0.2) is 42.9 Å². The Bertz CT molecular complexity index is 1280. The number of sulfonamides is 1. The normalized spacial score (nSPS) is 22.8. The molecule has 3 aromatic rings. The molecule has 1 aliphatic carbocycles. The van der Waals surface area contributed by atoms with Gasteiger partial charge in [0.05, 0.1) is 10.7 Å². The van der Waals surface area contributed by atoms with Crippen molar-refractivity contribution in [1.82, 2.24) is 14.6 Å². The third-order valence-electron chi connectivity index (χ3n) is 5.90. The van der Waals surface area contributed by atoms with Gasteiger partial charge in [-0.15, -0.1) is 0 Å². The average Bonchev–Trinajstić information content (AvgIpc) is 3.16. The Labute approximate surface area is 189 Å². The van der Waals surface area contributed by atoms with Gasteiger partial charge in [0.2, 0.25) is 10.0 Å². The maximum atomic E-state index is 12.9. The lowest BCUT2D eigenvalue weighted by molar-refractivity contribution is 0.250. The molecule has 2 amide bonds. The Morgan fingerprint density at radius 1 is 1.10 bits per heavy atom. The molecule has 2 atom stereocenters. The number of anilines is 1. The lowest BCUT2D eigenvalue weighted by Crippen LogP contribution is -2.39. The van der Waals surface area contributed by atoms with E-state index < -0.39 is 10.0 Å². The third kappa shape index (κ3) is 3.74. The van der Waals surface area contributed by atoms with Crippen LogP contribution in [0.25, 0.3) is 10.8 Å². The van der Waals surface area contributed by atoms with Crippen molar-refractivity contribution < 1.29 is 13.2 Å². The fourth-order valence-electron chi connectivity index (χ4n) is 4.26. The van der Waals surface area contributed by atoms with E-state index in [0.717, 1.165) is 10.8 Å². The molecule has 1 saturated heterocycles. The van der Waals surface area contributed by atoms with Gasteiger partial charge in [0.1, 0.15) is 4.90 Å². The summed E-state index contributed by atoms with van der Waals surface area (Å²) in [6.07, 6.45) is 3.42. The molecule has 160 valence electrons. The Balaban J connectivity index is 1.22. The monoisotopic (exact) mass is 476 g/mol. The minimum Gasteiger partial charge on any atom is -0.334 e. The van der Waals surface area contributed by atoms with Crippen LogP contribution in [0.15, 0.2) is 59.8 Å². The summed E-state index contributed by atoms with van der Waals surface area (Å²) in [4.78, 5) is 16.7. The summed E-state index contributed by atoms with van der Waals surface area (Å²) in [7, 11) is -3.70. The number of nitrogens with zero attached hydrogens (tertiary/aromatic N) is 2. The number of amides is 2. The molecule has 1 aliphatic heterocycles. The van der Waals surface area contributed by atoms with Crippen LogP contribution < -0.4 is 10.6 Å². The van der Waals surface area contributed by atoms with E-state index in [1.54, 1.807) is 12.4 Å². The van der Waals surface area contributed by atoms with Crippen LogP contribution >= 0.6 is 23.2 Å².